The average Bonchev–Trinajstić information content (AvgIpc) is 2.70. The highest BCUT2D eigenvalue weighted by atomic mass is 79.9. The van der Waals surface area contributed by atoms with E-state index in [1.54, 1.807) is 11.8 Å². The number of hydrogen-bond acceptors (Lipinski definition) is 2. The molecule has 5 heteroatoms. The van der Waals surface area contributed by atoms with Crippen molar-refractivity contribution in [2.45, 2.75) is 52.1 Å². The predicted octanol–water partition coefficient (Wildman–Crippen LogP) is 4.72. The third-order valence-electron chi connectivity index (χ3n) is 4.71. The van der Waals surface area contributed by atoms with Crippen LogP contribution in [0.4, 0.5) is 0 Å². The second-order valence-corrected chi connectivity index (χ2v) is 7.87. The number of nitrogens with zero attached hydrogens (tertiary/aromatic N) is 1. The molecule has 0 fully saturated rings. The zero-order valence-corrected chi connectivity index (χ0v) is 18.2. The molecule has 0 aliphatic rings. The van der Waals surface area contributed by atoms with Gasteiger partial charge in [-0.05, 0) is 43.0 Å². The standard InChI is InChI=1S/C23H29BrN2O2/c1-3-4-15-25-23(28)18(2)26(17-20-11-8-12-21(24)16-20)22(27)14-13-19-9-6-5-7-10-19/h5-12,16,18H,3-4,13-15,17H2,1-2H3,(H,25,28)/t18-/m0/s1. The summed E-state index contributed by atoms with van der Waals surface area (Å²) in [5.41, 5.74) is 2.12. The predicted molar refractivity (Wildman–Crippen MR) is 117 cm³/mol. The Labute approximate surface area is 176 Å². The summed E-state index contributed by atoms with van der Waals surface area (Å²) in [6, 6.07) is 17.3. The molecule has 0 aliphatic carbocycles. The number of halogens is 1. The first-order valence-corrected chi connectivity index (χ1v) is 10.7. The first-order valence-electron chi connectivity index (χ1n) is 9.86. The van der Waals surface area contributed by atoms with Crippen LogP contribution in [0.15, 0.2) is 59.1 Å². The normalized spacial score (nSPS) is 11.7. The average molecular weight is 445 g/mol. The maximum absolute atomic E-state index is 13.0. The van der Waals surface area contributed by atoms with E-state index in [0.29, 0.717) is 25.9 Å². The molecule has 0 aliphatic heterocycles. The fourth-order valence-corrected chi connectivity index (χ4v) is 3.44. The van der Waals surface area contributed by atoms with E-state index < -0.39 is 6.04 Å². The van der Waals surface area contributed by atoms with Gasteiger partial charge >= 0.3 is 0 Å². The van der Waals surface area contributed by atoms with E-state index in [-0.39, 0.29) is 11.8 Å². The summed E-state index contributed by atoms with van der Waals surface area (Å²) in [7, 11) is 0. The molecule has 0 saturated heterocycles. The lowest BCUT2D eigenvalue weighted by Crippen LogP contribution is -2.47. The lowest BCUT2D eigenvalue weighted by Gasteiger charge is -2.29. The van der Waals surface area contributed by atoms with Crippen molar-refractivity contribution in [1.29, 1.82) is 0 Å². The Morgan fingerprint density at radius 3 is 2.46 bits per heavy atom. The van der Waals surface area contributed by atoms with Gasteiger partial charge in [-0.15, -0.1) is 0 Å². The van der Waals surface area contributed by atoms with Crippen molar-refractivity contribution in [2.75, 3.05) is 6.54 Å². The summed E-state index contributed by atoms with van der Waals surface area (Å²) in [6.07, 6.45) is 3.00. The topological polar surface area (TPSA) is 49.4 Å². The van der Waals surface area contributed by atoms with Crippen LogP contribution in [-0.4, -0.2) is 29.3 Å². The van der Waals surface area contributed by atoms with Crippen LogP contribution in [0, 0.1) is 0 Å². The van der Waals surface area contributed by atoms with Crippen molar-refractivity contribution in [3.8, 4) is 0 Å². The molecule has 0 spiro atoms. The number of nitrogens with one attached hydrogen (secondary N) is 1. The van der Waals surface area contributed by atoms with Crippen LogP contribution in [0.5, 0.6) is 0 Å². The van der Waals surface area contributed by atoms with Crippen LogP contribution in [-0.2, 0) is 22.6 Å². The maximum atomic E-state index is 13.0. The summed E-state index contributed by atoms with van der Waals surface area (Å²) in [6.45, 7) is 4.94. The van der Waals surface area contributed by atoms with E-state index in [9.17, 15) is 9.59 Å². The van der Waals surface area contributed by atoms with Gasteiger partial charge in [0.25, 0.3) is 0 Å². The van der Waals surface area contributed by atoms with Gasteiger partial charge in [-0.2, -0.15) is 0 Å². The van der Waals surface area contributed by atoms with Gasteiger partial charge in [-0.25, -0.2) is 0 Å². The number of hydrogen-bond donors (Lipinski definition) is 1. The lowest BCUT2D eigenvalue weighted by molar-refractivity contribution is -0.140. The Hall–Kier alpha value is -2.14. The van der Waals surface area contributed by atoms with Gasteiger partial charge in [-0.3, -0.25) is 9.59 Å². The molecule has 0 unspecified atom stereocenters. The van der Waals surface area contributed by atoms with Crippen molar-refractivity contribution < 1.29 is 9.59 Å². The van der Waals surface area contributed by atoms with Crippen LogP contribution >= 0.6 is 15.9 Å². The Morgan fingerprint density at radius 1 is 1.07 bits per heavy atom. The van der Waals surface area contributed by atoms with Crippen molar-refractivity contribution in [3.63, 3.8) is 0 Å². The van der Waals surface area contributed by atoms with Crippen LogP contribution < -0.4 is 5.32 Å². The highest BCUT2D eigenvalue weighted by molar-refractivity contribution is 9.10. The molecule has 2 amide bonds. The summed E-state index contributed by atoms with van der Waals surface area (Å²) in [4.78, 5) is 27.3. The molecular formula is C23H29BrN2O2. The first-order chi connectivity index (χ1) is 13.5. The molecular weight excluding hydrogens is 416 g/mol. The van der Waals surface area contributed by atoms with E-state index in [1.807, 2.05) is 54.6 Å². The summed E-state index contributed by atoms with van der Waals surface area (Å²) in [5.74, 6) is -0.113. The van der Waals surface area contributed by atoms with Crippen molar-refractivity contribution in [3.05, 3.63) is 70.2 Å². The smallest absolute Gasteiger partial charge is 0.242 e. The third kappa shape index (κ3) is 7.12. The number of unbranched alkanes of at least 4 members (excludes halogenated alkanes) is 1. The number of amides is 2. The number of benzene rings is 2. The minimum absolute atomic E-state index is 0.0121. The first kappa shape index (κ1) is 22.2. The molecule has 1 N–H and O–H groups in total. The molecule has 4 nitrogen and oxygen atoms in total. The van der Waals surface area contributed by atoms with Gasteiger partial charge in [-0.1, -0.05) is 71.7 Å². The Balaban J connectivity index is 2.09. The number of carbonyl (C=O) groups excluding carboxylic acids is 2. The van der Waals surface area contributed by atoms with Gasteiger partial charge in [0.2, 0.25) is 11.8 Å². The summed E-state index contributed by atoms with van der Waals surface area (Å²) >= 11 is 3.48. The molecule has 1 atom stereocenters. The minimum Gasteiger partial charge on any atom is -0.354 e. The van der Waals surface area contributed by atoms with Crippen LogP contribution in [0.3, 0.4) is 0 Å². The lowest BCUT2D eigenvalue weighted by atomic mass is 10.1. The van der Waals surface area contributed by atoms with Crippen molar-refractivity contribution >= 4 is 27.7 Å². The molecule has 0 bridgehead atoms. The molecule has 0 saturated carbocycles. The number of carbonyl (C=O) groups is 2. The zero-order chi connectivity index (χ0) is 20.4. The van der Waals surface area contributed by atoms with E-state index in [4.69, 9.17) is 0 Å². The molecule has 2 aromatic carbocycles. The zero-order valence-electron chi connectivity index (χ0n) is 16.7. The highest BCUT2D eigenvalue weighted by Crippen LogP contribution is 2.16. The second-order valence-electron chi connectivity index (χ2n) is 6.96. The molecule has 28 heavy (non-hydrogen) atoms. The summed E-state index contributed by atoms with van der Waals surface area (Å²) in [5, 5.41) is 2.95. The van der Waals surface area contributed by atoms with Crippen LogP contribution in [0.1, 0.15) is 44.2 Å². The number of aryl methyl sites for hydroxylation is 1. The van der Waals surface area contributed by atoms with Crippen LogP contribution in [0.2, 0.25) is 0 Å². The van der Waals surface area contributed by atoms with Gasteiger partial charge in [0.15, 0.2) is 0 Å². The minimum atomic E-state index is -0.515. The van der Waals surface area contributed by atoms with Gasteiger partial charge in [0.05, 0.1) is 0 Å². The Kier molecular flexibility index (Phi) is 9.21. The van der Waals surface area contributed by atoms with E-state index in [0.717, 1.165) is 28.4 Å². The Morgan fingerprint density at radius 2 is 1.79 bits per heavy atom. The molecule has 0 radical (unpaired) electrons. The number of rotatable bonds is 10. The molecule has 0 heterocycles. The highest BCUT2D eigenvalue weighted by Gasteiger charge is 2.25. The van der Waals surface area contributed by atoms with E-state index >= 15 is 0 Å². The molecule has 150 valence electrons. The Bertz CT molecular complexity index is 764. The molecule has 2 aromatic rings. The van der Waals surface area contributed by atoms with E-state index in [2.05, 4.69) is 28.2 Å². The van der Waals surface area contributed by atoms with Crippen molar-refractivity contribution in [1.82, 2.24) is 10.2 Å². The van der Waals surface area contributed by atoms with Gasteiger partial charge < -0.3 is 10.2 Å². The second kappa shape index (κ2) is 11.6. The maximum Gasteiger partial charge on any atom is 0.242 e. The fourth-order valence-electron chi connectivity index (χ4n) is 2.99. The van der Waals surface area contributed by atoms with Gasteiger partial charge in [0, 0.05) is 24.0 Å². The summed E-state index contributed by atoms with van der Waals surface area (Å²) < 4.78 is 0.960. The monoisotopic (exact) mass is 444 g/mol. The fraction of sp³-hybridized carbons (Fsp3) is 0.391. The molecule has 0 aromatic heterocycles. The van der Waals surface area contributed by atoms with E-state index in [1.165, 1.54) is 0 Å². The quantitative estimate of drug-likeness (QED) is 0.539. The van der Waals surface area contributed by atoms with Crippen LogP contribution in [0.25, 0.3) is 0 Å². The van der Waals surface area contributed by atoms with Gasteiger partial charge in [0.1, 0.15) is 6.04 Å². The molecule has 2 rings (SSSR count). The third-order valence-corrected chi connectivity index (χ3v) is 5.20. The largest absolute Gasteiger partial charge is 0.354 e. The van der Waals surface area contributed by atoms with Crippen molar-refractivity contribution in [2.24, 2.45) is 0 Å². The SMILES string of the molecule is CCCCNC(=O)[C@H](C)N(Cc1cccc(Br)c1)C(=O)CCc1ccccc1.